The van der Waals surface area contributed by atoms with E-state index in [2.05, 4.69) is 4.72 Å². The molecule has 0 aliphatic heterocycles. The van der Waals surface area contributed by atoms with Crippen molar-refractivity contribution in [3.8, 4) is 0 Å². The van der Waals surface area contributed by atoms with E-state index in [9.17, 15) is 8.42 Å². The van der Waals surface area contributed by atoms with E-state index in [1.807, 2.05) is 12.1 Å². The smallest absolute Gasteiger partial charge is 0.240 e. The Balaban J connectivity index is 2.09. The van der Waals surface area contributed by atoms with Gasteiger partial charge in [0.15, 0.2) is 0 Å². The minimum atomic E-state index is -3.33. The number of hydrogen-bond donors (Lipinski definition) is 2. The number of nitrogens with one attached hydrogen (secondary N) is 1. The van der Waals surface area contributed by atoms with E-state index in [-0.39, 0.29) is 6.04 Å². The topological polar surface area (TPSA) is 72.2 Å². The Bertz CT molecular complexity index is 464. The fourth-order valence-corrected chi connectivity index (χ4v) is 3.12. The summed E-state index contributed by atoms with van der Waals surface area (Å²) in [6, 6.07) is 7.06. The molecule has 1 fully saturated rings. The maximum Gasteiger partial charge on any atom is 0.240 e. The SMILES string of the molecule is NCCc1ccc(S(=O)(=O)NC2CCC2)cc1. The second-order valence-electron chi connectivity index (χ2n) is 4.43. The van der Waals surface area contributed by atoms with Gasteiger partial charge in [0.25, 0.3) is 0 Å². The van der Waals surface area contributed by atoms with Crippen LogP contribution < -0.4 is 10.5 Å². The zero-order valence-corrected chi connectivity index (χ0v) is 10.5. The van der Waals surface area contributed by atoms with Crippen molar-refractivity contribution in [3.05, 3.63) is 29.8 Å². The molecular weight excluding hydrogens is 236 g/mol. The van der Waals surface area contributed by atoms with E-state index in [1.54, 1.807) is 12.1 Å². The minimum absolute atomic E-state index is 0.128. The molecule has 94 valence electrons. The summed E-state index contributed by atoms with van der Waals surface area (Å²) in [6.45, 7) is 0.576. The van der Waals surface area contributed by atoms with Crippen LogP contribution >= 0.6 is 0 Å². The summed E-state index contributed by atoms with van der Waals surface area (Å²) in [5.41, 5.74) is 6.51. The lowest BCUT2D eigenvalue weighted by molar-refractivity contribution is 0.383. The third-order valence-corrected chi connectivity index (χ3v) is 4.63. The second kappa shape index (κ2) is 5.16. The number of rotatable bonds is 5. The summed E-state index contributed by atoms with van der Waals surface area (Å²) in [5, 5.41) is 0. The lowest BCUT2D eigenvalue weighted by Gasteiger charge is -2.26. The zero-order chi connectivity index (χ0) is 12.3. The fraction of sp³-hybridized carbons (Fsp3) is 0.500. The van der Waals surface area contributed by atoms with Crippen LogP contribution in [0, 0.1) is 0 Å². The predicted molar refractivity (Wildman–Crippen MR) is 67.2 cm³/mol. The highest BCUT2D eigenvalue weighted by atomic mass is 32.2. The highest BCUT2D eigenvalue weighted by Crippen LogP contribution is 2.21. The third kappa shape index (κ3) is 3.06. The molecule has 1 saturated carbocycles. The molecule has 2 rings (SSSR count). The van der Waals surface area contributed by atoms with Gasteiger partial charge in [-0.2, -0.15) is 0 Å². The van der Waals surface area contributed by atoms with Gasteiger partial charge in [-0.25, -0.2) is 13.1 Å². The first-order valence-electron chi connectivity index (χ1n) is 5.93. The van der Waals surface area contributed by atoms with Gasteiger partial charge in [-0.3, -0.25) is 0 Å². The van der Waals surface area contributed by atoms with Crippen LogP contribution in [0.2, 0.25) is 0 Å². The summed E-state index contributed by atoms with van der Waals surface area (Å²) in [4.78, 5) is 0.338. The average molecular weight is 254 g/mol. The molecule has 1 aliphatic rings. The summed E-state index contributed by atoms with van der Waals surface area (Å²) in [5.74, 6) is 0. The molecular formula is C12H18N2O2S. The van der Waals surface area contributed by atoms with Gasteiger partial charge in [-0.05, 0) is 43.5 Å². The van der Waals surface area contributed by atoms with Crippen LogP contribution in [-0.2, 0) is 16.4 Å². The highest BCUT2D eigenvalue weighted by Gasteiger charge is 2.24. The molecule has 0 spiro atoms. The molecule has 0 saturated heterocycles. The van der Waals surface area contributed by atoms with Crippen LogP contribution in [0.4, 0.5) is 0 Å². The van der Waals surface area contributed by atoms with Crippen molar-refractivity contribution in [1.82, 2.24) is 4.72 Å². The van der Waals surface area contributed by atoms with Gasteiger partial charge in [0.05, 0.1) is 4.90 Å². The van der Waals surface area contributed by atoms with Crippen molar-refractivity contribution in [2.45, 2.75) is 36.6 Å². The van der Waals surface area contributed by atoms with Gasteiger partial charge in [-0.1, -0.05) is 18.6 Å². The molecule has 1 aromatic carbocycles. The summed E-state index contributed by atoms with van der Waals surface area (Å²) < 4.78 is 26.6. The number of benzene rings is 1. The molecule has 1 aliphatic carbocycles. The number of sulfonamides is 1. The van der Waals surface area contributed by atoms with Crippen LogP contribution in [0.1, 0.15) is 24.8 Å². The van der Waals surface area contributed by atoms with Crippen LogP contribution in [0.5, 0.6) is 0 Å². The van der Waals surface area contributed by atoms with Crippen molar-refractivity contribution in [2.24, 2.45) is 5.73 Å². The highest BCUT2D eigenvalue weighted by molar-refractivity contribution is 7.89. The van der Waals surface area contributed by atoms with Crippen LogP contribution in [0.15, 0.2) is 29.2 Å². The lowest BCUT2D eigenvalue weighted by atomic mass is 9.94. The molecule has 0 amide bonds. The third-order valence-electron chi connectivity index (χ3n) is 3.09. The van der Waals surface area contributed by atoms with E-state index >= 15 is 0 Å². The van der Waals surface area contributed by atoms with Gasteiger partial charge in [0.1, 0.15) is 0 Å². The first-order chi connectivity index (χ1) is 8.12. The molecule has 17 heavy (non-hydrogen) atoms. The average Bonchev–Trinajstić information content (AvgIpc) is 2.25. The molecule has 4 nitrogen and oxygen atoms in total. The van der Waals surface area contributed by atoms with Gasteiger partial charge in [0.2, 0.25) is 10.0 Å². The maximum absolute atomic E-state index is 12.0. The number of hydrogen-bond acceptors (Lipinski definition) is 3. The van der Waals surface area contributed by atoms with Crippen molar-refractivity contribution >= 4 is 10.0 Å². The summed E-state index contributed by atoms with van der Waals surface area (Å²) in [7, 11) is -3.33. The predicted octanol–water partition coefficient (Wildman–Crippen LogP) is 1.02. The Morgan fingerprint density at radius 3 is 2.35 bits per heavy atom. The summed E-state index contributed by atoms with van der Waals surface area (Å²) >= 11 is 0. The van der Waals surface area contributed by atoms with E-state index < -0.39 is 10.0 Å². The summed E-state index contributed by atoms with van der Waals surface area (Å²) in [6.07, 6.45) is 3.79. The van der Waals surface area contributed by atoms with Gasteiger partial charge < -0.3 is 5.73 Å². The Labute approximate surface area is 102 Å². The molecule has 0 heterocycles. The van der Waals surface area contributed by atoms with Gasteiger partial charge in [0, 0.05) is 6.04 Å². The van der Waals surface area contributed by atoms with Gasteiger partial charge >= 0.3 is 0 Å². The van der Waals surface area contributed by atoms with Crippen molar-refractivity contribution in [2.75, 3.05) is 6.54 Å². The Hall–Kier alpha value is -0.910. The first kappa shape index (κ1) is 12.5. The zero-order valence-electron chi connectivity index (χ0n) is 9.72. The van der Waals surface area contributed by atoms with E-state index in [4.69, 9.17) is 5.73 Å². The van der Waals surface area contributed by atoms with Crippen LogP contribution in [-0.4, -0.2) is 21.0 Å². The molecule has 0 radical (unpaired) electrons. The van der Waals surface area contributed by atoms with Crippen molar-refractivity contribution < 1.29 is 8.42 Å². The Morgan fingerprint density at radius 2 is 1.88 bits per heavy atom. The fourth-order valence-electron chi connectivity index (χ4n) is 1.82. The quantitative estimate of drug-likeness (QED) is 0.824. The normalized spacial score (nSPS) is 16.8. The largest absolute Gasteiger partial charge is 0.330 e. The monoisotopic (exact) mass is 254 g/mol. The van der Waals surface area contributed by atoms with Gasteiger partial charge in [-0.15, -0.1) is 0 Å². The Kier molecular flexibility index (Phi) is 3.81. The molecule has 0 bridgehead atoms. The molecule has 0 unspecified atom stereocenters. The molecule has 0 atom stereocenters. The van der Waals surface area contributed by atoms with Crippen molar-refractivity contribution in [3.63, 3.8) is 0 Å². The maximum atomic E-state index is 12.0. The van der Waals surface area contributed by atoms with E-state index in [0.717, 1.165) is 31.2 Å². The second-order valence-corrected chi connectivity index (χ2v) is 6.15. The minimum Gasteiger partial charge on any atom is -0.330 e. The van der Waals surface area contributed by atoms with E-state index in [0.29, 0.717) is 11.4 Å². The number of nitrogens with two attached hydrogens (primary N) is 1. The van der Waals surface area contributed by atoms with E-state index in [1.165, 1.54) is 0 Å². The molecule has 1 aromatic rings. The van der Waals surface area contributed by atoms with Crippen molar-refractivity contribution in [1.29, 1.82) is 0 Å². The van der Waals surface area contributed by atoms with Crippen LogP contribution in [0.25, 0.3) is 0 Å². The first-order valence-corrected chi connectivity index (χ1v) is 7.41. The molecule has 5 heteroatoms. The standard InChI is InChI=1S/C12H18N2O2S/c13-9-8-10-4-6-12(7-5-10)17(15,16)14-11-2-1-3-11/h4-7,11,14H,1-3,8-9,13H2. The Morgan fingerprint density at radius 1 is 1.24 bits per heavy atom. The molecule has 3 N–H and O–H groups in total. The lowest BCUT2D eigenvalue weighted by Crippen LogP contribution is -2.39. The molecule has 0 aromatic heterocycles. The van der Waals surface area contributed by atoms with Crippen LogP contribution in [0.3, 0.4) is 0 Å².